The van der Waals surface area contributed by atoms with Gasteiger partial charge in [-0.25, -0.2) is 17.2 Å². The number of amides is 2. The van der Waals surface area contributed by atoms with Crippen molar-refractivity contribution in [3.8, 4) is 0 Å². The zero-order valence-corrected chi connectivity index (χ0v) is 23.4. The van der Waals surface area contributed by atoms with Gasteiger partial charge in [0.2, 0.25) is 21.8 Å². The molecule has 0 aromatic heterocycles. The van der Waals surface area contributed by atoms with Crippen LogP contribution in [-0.2, 0) is 26.2 Å². The molecule has 204 valence electrons. The van der Waals surface area contributed by atoms with E-state index in [2.05, 4.69) is 5.32 Å². The van der Waals surface area contributed by atoms with Crippen LogP contribution in [0.2, 0.25) is 10.0 Å². The van der Waals surface area contributed by atoms with Crippen molar-refractivity contribution in [2.75, 3.05) is 23.7 Å². The van der Waals surface area contributed by atoms with Crippen molar-refractivity contribution < 1.29 is 26.8 Å². The van der Waals surface area contributed by atoms with Gasteiger partial charge in [0.25, 0.3) is 0 Å². The van der Waals surface area contributed by atoms with E-state index in [1.165, 1.54) is 4.90 Å². The van der Waals surface area contributed by atoms with Gasteiger partial charge >= 0.3 is 0 Å². The van der Waals surface area contributed by atoms with Crippen molar-refractivity contribution in [1.82, 2.24) is 10.2 Å². The fraction of sp³-hybridized carbons (Fsp3) is 0.440. The predicted octanol–water partition coefficient (Wildman–Crippen LogP) is 5.01. The molecule has 0 fully saturated rings. The summed E-state index contributed by atoms with van der Waals surface area (Å²) in [4.78, 5) is 27.4. The maximum atomic E-state index is 13.7. The quantitative estimate of drug-likeness (QED) is 0.384. The van der Waals surface area contributed by atoms with Crippen LogP contribution in [0.25, 0.3) is 0 Å². The minimum atomic E-state index is -3.85. The molecule has 0 saturated carbocycles. The van der Waals surface area contributed by atoms with Crippen LogP contribution in [0.3, 0.4) is 0 Å². The molecule has 7 nitrogen and oxygen atoms in total. The maximum absolute atomic E-state index is 13.7. The molecule has 2 aromatic rings. The molecule has 12 heteroatoms. The monoisotopic (exact) mass is 577 g/mol. The third kappa shape index (κ3) is 8.83. The van der Waals surface area contributed by atoms with Crippen LogP contribution in [0, 0.1) is 17.6 Å². The smallest absolute Gasteiger partial charge is 0.242 e. The number of anilines is 1. The summed E-state index contributed by atoms with van der Waals surface area (Å²) < 4.78 is 52.6. The lowest BCUT2D eigenvalue weighted by atomic mass is 10.1. The van der Waals surface area contributed by atoms with Gasteiger partial charge in [0.15, 0.2) is 11.6 Å². The lowest BCUT2D eigenvalue weighted by Gasteiger charge is -2.30. The van der Waals surface area contributed by atoms with Crippen LogP contribution in [-0.4, -0.2) is 50.5 Å². The summed E-state index contributed by atoms with van der Waals surface area (Å²) in [7, 11) is -3.85. The Balaban J connectivity index is 2.23. The van der Waals surface area contributed by atoms with Crippen LogP contribution in [0.4, 0.5) is 14.5 Å². The van der Waals surface area contributed by atoms with E-state index in [0.717, 1.165) is 28.8 Å². The second-order valence-corrected chi connectivity index (χ2v) is 11.8. The minimum Gasteiger partial charge on any atom is -0.354 e. The summed E-state index contributed by atoms with van der Waals surface area (Å²) in [6, 6.07) is 6.81. The minimum absolute atomic E-state index is 0.0351. The number of hydrogen-bond donors (Lipinski definition) is 1. The van der Waals surface area contributed by atoms with Gasteiger partial charge in [-0.1, -0.05) is 43.1 Å². The van der Waals surface area contributed by atoms with E-state index in [-0.39, 0.29) is 43.4 Å². The van der Waals surface area contributed by atoms with Crippen LogP contribution >= 0.6 is 23.2 Å². The maximum Gasteiger partial charge on any atom is 0.242 e. The first kappa shape index (κ1) is 30.8. The Hall–Kier alpha value is -2.43. The average Bonchev–Trinajstić information content (AvgIpc) is 2.80. The first-order chi connectivity index (χ1) is 17.2. The highest BCUT2D eigenvalue weighted by Gasteiger charge is 2.28. The van der Waals surface area contributed by atoms with E-state index < -0.39 is 33.6 Å². The van der Waals surface area contributed by atoms with Crippen LogP contribution in [0.1, 0.15) is 39.2 Å². The summed E-state index contributed by atoms with van der Waals surface area (Å²) in [5.74, 6) is -2.87. The number of carbonyl (C=O) groups excluding carboxylic acids is 2. The Kier molecular flexibility index (Phi) is 11.1. The molecule has 1 atom stereocenters. The normalized spacial score (nSPS) is 12.4. The molecular formula is C25H31Cl2F2N3O4S. The average molecular weight is 579 g/mol. The molecule has 0 spiro atoms. The third-order valence-electron chi connectivity index (χ3n) is 5.59. The van der Waals surface area contributed by atoms with E-state index in [9.17, 15) is 26.8 Å². The van der Waals surface area contributed by atoms with Crippen molar-refractivity contribution in [2.24, 2.45) is 5.92 Å². The number of carbonyl (C=O) groups is 2. The topological polar surface area (TPSA) is 86.8 Å². The molecule has 0 unspecified atom stereocenters. The first-order valence-corrected chi connectivity index (χ1v) is 14.3. The number of nitrogens with one attached hydrogen (secondary N) is 1. The highest BCUT2D eigenvalue weighted by atomic mass is 35.5. The van der Waals surface area contributed by atoms with Gasteiger partial charge in [-0.2, -0.15) is 0 Å². The SMILES string of the molecule is CC(C)CNC(=O)[C@@H](C)N(Cc1c(Cl)cccc1Cl)C(=O)CCCN(c1ccc(F)c(F)c1)S(C)(=O)=O. The zero-order chi connectivity index (χ0) is 27.9. The van der Waals surface area contributed by atoms with Crippen molar-refractivity contribution in [1.29, 1.82) is 0 Å². The van der Waals surface area contributed by atoms with Gasteiger partial charge in [-0.15, -0.1) is 0 Å². The number of nitrogens with zero attached hydrogens (tertiary/aromatic N) is 2. The summed E-state index contributed by atoms with van der Waals surface area (Å²) >= 11 is 12.6. The summed E-state index contributed by atoms with van der Waals surface area (Å²) in [6.07, 6.45) is 0.862. The van der Waals surface area contributed by atoms with Gasteiger partial charge in [0.1, 0.15) is 6.04 Å². The predicted molar refractivity (Wildman–Crippen MR) is 142 cm³/mol. The van der Waals surface area contributed by atoms with Crippen molar-refractivity contribution in [2.45, 2.75) is 46.2 Å². The molecule has 1 N–H and O–H groups in total. The van der Waals surface area contributed by atoms with Gasteiger partial charge in [-0.05, 0) is 43.5 Å². The third-order valence-corrected chi connectivity index (χ3v) is 7.49. The molecule has 0 aliphatic carbocycles. The number of halogens is 4. The molecular weight excluding hydrogens is 547 g/mol. The second-order valence-electron chi connectivity index (χ2n) is 9.07. The van der Waals surface area contributed by atoms with E-state index in [4.69, 9.17) is 23.2 Å². The van der Waals surface area contributed by atoms with Gasteiger partial charge in [0, 0.05) is 47.7 Å². The molecule has 0 aliphatic heterocycles. The van der Waals surface area contributed by atoms with Crippen LogP contribution in [0.5, 0.6) is 0 Å². The lowest BCUT2D eigenvalue weighted by Crippen LogP contribution is -2.48. The fourth-order valence-electron chi connectivity index (χ4n) is 3.53. The summed E-state index contributed by atoms with van der Waals surface area (Å²) in [6.45, 7) is 5.70. The Labute approximate surface area is 226 Å². The molecule has 37 heavy (non-hydrogen) atoms. The van der Waals surface area contributed by atoms with E-state index in [1.807, 2.05) is 13.8 Å². The second kappa shape index (κ2) is 13.4. The molecule has 2 aromatic carbocycles. The van der Waals surface area contributed by atoms with E-state index >= 15 is 0 Å². The lowest BCUT2D eigenvalue weighted by molar-refractivity contribution is -0.140. The van der Waals surface area contributed by atoms with E-state index in [0.29, 0.717) is 22.2 Å². The number of benzene rings is 2. The molecule has 0 bridgehead atoms. The Morgan fingerprint density at radius 1 is 1.03 bits per heavy atom. The van der Waals surface area contributed by atoms with Gasteiger partial charge < -0.3 is 10.2 Å². The zero-order valence-electron chi connectivity index (χ0n) is 21.1. The molecule has 2 rings (SSSR count). The number of sulfonamides is 1. The molecule has 0 saturated heterocycles. The van der Waals surface area contributed by atoms with Crippen molar-refractivity contribution in [3.63, 3.8) is 0 Å². The van der Waals surface area contributed by atoms with Crippen molar-refractivity contribution >= 4 is 50.7 Å². The van der Waals surface area contributed by atoms with Gasteiger partial charge in [-0.3, -0.25) is 13.9 Å². The number of hydrogen-bond acceptors (Lipinski definition) is 4. The molecule has 0 heterocycles. The Morgan fingerprint density at radius 3 is 2.19 bits per heavy atom. The highest BCUT2D eigenvalue weighted by molar-refractivity contribution is 7.92. The fourth-order valence-corrected chi connectivity index (χ4v) is 5.01. The van der Waals surface area contributed by atoms with Crippen LogP contribution < -0.4 is 9.62 Å². The summed E-state index contributed by atoms with van der Waals surface area (Å²) in [5.41, 5.74) is 0.414. The molecule has 0 radical (unpaired) electrons. The molecule has 2 amide bonds. The number of rotatable bonds is 12. The molecule has 0 aliphatic rings. The van der Waals surface area contributed by atoms with Gasteiger partial charge in [0.05, 0.1) is 11.9 Å². The summed E-state index contributed by atoms with van der Waals surface area (Å²) in [5, 5.41) is 3.48. The Morgan fingerprint density at radius 2 is 1.65 bits per heavy atom. The van der Waals surface area contributed by atoms with Crippen LogP contribution in [0.15, 0.2) is 36.4 Å². The Bertz CT molecular complexity index is 1210. The van der Waals surface area contributed by atoms with Crippen molar-refractivity contribution in [3.05, 3.63) is 63.6 Å². The standard InChI is InChI=1S/C25H31Cl2F2N3O4S/c1-16(2)14-30-25(34)17(3)31(15-19-20(26)7-5-8-21(19)27)24(33)9-6-12-32(37(4,35)36)18-10-11-22(28)23(29)13-18/h5,7-8,10-11,13,16-17H,6,9,12,14-15H2,1-4H3,(H,30,34)/t17-/m1/s1. The van der Waals surface area contributed by atoms with E-state index in [1.54, 1.807) is 25.1 Å². The first-order valence-electron chi connectivity index (χ1n) is 11.6. The largest absolute Gasteiger partial charge is 0.354 e. The highest BCUT2D eigenvalue weighted by Crippen LogP contribution is 2.27.